The number of para-hydroxylation sites is 1. The van der Waals surface area contributed by atoms with E-state index in [0.29, 0.717) is 16.8 Å². The molecule has 246 valence electrons. The number of nitrogens with one attached hydrogen (secondary N) is 4. The number of nitrogens with zero attached hydrogens (tertiary/aromatic N) is 1. The highest BCUT2D eigenvalue weighted by atomic mass is 19.1. The number of carbonyl (C=O) groups excluding carboxylic acids is 4. The van der Waals surface area contributed by atoms with Crippen LogP contribution < -0.4 is 20.9 Å². The van der Waals surface area contributed by atoms with Crippen molar-refractivity contribution in [2.75, 3.05) is 18.0 Å². The quantitative estimate of drug-likeness (QED) is 0.188. The van der Waals surface area contributed by atoms with Crippen LogP contribution >= 0.6 is 0 Å². The highest BCUT2D eigenvalue weighted by Crippen LogP contribution is 2.29. The molecule has 0 aliphatic carbocycles. The van der Waals surface area contributed by atoms with Crippen molar-refractivity contribution in [3.8, 4) is 11.1 Å². The van der Waals surface area contributed by atoms with E-state index >= 15 is 4.39 Å². The van der Waals surface area contributed by atoms with Crippen LogP contribution in [0.25, 0.3) is 22.0 Å². The number of carbonyl (C=O) groups is 4. The summed E-state index contributed by atoms with van der Waals surface area (Å²) in [6.45, 7) is 7.17. The molecule has 0 radical (unpaired) electrons. The molecule has 47 heavy (non-hydrogen) atoms. The maximum absolute atomic E-state index is 15.2. The summed E-state index contributed by atoms with van der Waals surface area (Å²) in [5.41, 5.74) is 3.14. The van der Waals surface area contributed by atoms with Gasteiger partial charge in [0.25, 0.3) is 0 Å². The number of rotatable bonds is 10. The van der Waals surface area contributed by atoms with E-state index < -0.39 is 35.8 Å². The average molecular weight is 644 g/mol. The number of anilines is 1. The molecule has 4 amide bonds. The highest BCUT2D eigenvalue weighted by Gasteiger charge is 2.33. The molecule has 2 heterocycles. The monoisotopic (exact) mass is 643 g/mol. The van der Waals surface area contributed by atoms with E-state index in [1.54, 1.807) is 57.2 Å². The molecule has 3 aromatic carbocycles. The fourth-order valence-electron chi connectivity index (χ4n) is 5.30. The van der Waals surface area contributed by atoms with Gasteiger partial charge in [0.05, 0.1) is 18.8 Å². The number of amides is 4. The first-order valence-electron chi connectivity index (χ1n) is 15.3. The topological polar surface area (TPSA) is 142 Å². The largest absolute Gasteiger partial charge is 0.444 e. The first kappa shape index (κ1) is 33.0. The van der Waals surface area contributed by atoms with Crippen molar-refractivity contribution < 1.29 is 33.0 Å². The number of ether oxygens (including phenoxy) is 2. The van der Waals surface area contributed by atoms with Crippen molar-refractivity contribution in [1.82, 2.24) is 20.9 Å². The second-order valence-corrected chi connectivity index (χ2v) is 12.4. The molecule has 2 atom stereocenters. The van der Waals surface area contributed by atoms with E-state index in [4.69, 9.17) is 9.47 Å². The van der Waals surface area contributed by atoms with Crippen LogP contribution in [-0.2, 0) is 32.0 Å². The molecule has 0 bridgehead atoms. The third kappa shape index (κ3) is 8.46. The number of H-pyrrole nitrogens is 1. The molecule has 11 nitrogen and oxygen atoms in total. The SMILES string of the molecule is CC(=O)NC[C@H]1CN(c2ccc(-c3ccc(CNC(=O)[C@@H](Cc4c[nH]c5ccccc45)NC(=O)OC(C)(C)C)cc3)c(F)c2)C(=O)O1. The lowest BCUT2D eigenvalue weighted by Crippen LogP contribution is -2.49. The van der Waals surface area contributed by atoms with E-state index in [1.165, 1.54) is 17.9 Å². The van der Waals surface area contributed by atoms with Crippen LogP contribution in [-0.4, -0.2) is 59.8 Å². The van der Waals surface area contributed by atoms with Crippen LogP contribution in [0.15, 0.2) is 72.9 Å². The Balaban J connectivity index is 1.23. The van der Waals surface area contributed by atoms with E-state index in [2.05, 4.69) is 20.9 Å². The van der Waals surface area contributed by atoms with E-state index in [-0.39, 0.29) is 37.9 Å². The Kier molecular flexibility index (Phi) is 9.78. The lowest BCUT2D eigenvalue weighted by Gasteiger charge is -2.23. The number of alkyl carbamates (subject to hydrolysis) is 1. The molecule has 5 rings (SSSR count). The van der Waals surface area contributed by atoms with Crippen molar-refractivity contribution in [3.05, 3.63) is 89.9 Å². The zero-order valence-electron chi connectivity index (χ0n) is 26.7. The standard InChI is InChI=1S/C35H38FN5O6/c1-21(42)37-19-26-20-41(34(45)46-26)25-13-14-27(29(36)16-25)23-11-9-22(10-12-23)17-39-32(43)31(40-33(44)47-35(2,3)4)15-24-18-38-30-8-6-5-7-28(24)30/h5-14,16,18,26,31,38H,15,17,19-20H2,1-4H3,(H,37,42)(H,39,43)(H,40,44)/t26-,31+/m0/s1. The summed E-state index contributed by atoms with van der Waals surface area (Å²) in [5.74, 6) is -1.13. The fraction of sp³-hybridized carbons (Fsp3) is 0.314. The van der Waals surface area contributed by atoms with Crippen LogP contribution in [0.5, 0.6) is 0 Å². The van der Waals surface area contributed by atoms with Gasteiger partial charge < -0.3 is 30.4 Å². The fourth-order valence-corrected chi connectivity index (χ4v) is 5.30. The van der Waals surface area contributed by atoms with E-state index in [0.717, 1.165) is 22.0 Å². The van der Waals surface area contributed by atoms with Gasteiger partial charge in [-0.05, 0) is 61.7 Å². The van der Waals surface area contributed by atoms with E-state index in [1.807, 2.05) is 30.5 Å². The summed E-state index contributed by atoms with van der Waals surface area (Å²) < 4.78 is 25.9. The molecule has 1 aliphatic rings. The third-order valence-electron chi connectivity index (χ3n) is 7.56. The van der Waals surface area contributed by atoms with Gasteiger partial charge in [0.2, 0.25) is 11.8 Å². The number of hydrogen-bond donors (Lipinski definition) is 4. The minimum absolute atomic E-state index is 0.177. The Morgan fingerprint density at radius 1 is 1.06 bits per heavy atom. The highest BCUT2D eigenvalue weighted by molar-refractivity contribution is 5.90. The zero-order chi connectivity index (χ0) is 33.7. The van der Waals surface area contributed by atoms with Crippen molar-refractivity contribution in [1.29, 1.82) is 0 Å². The molecular formula is C35H38FN5O6. The summed E-state index contributed by atoms with van der Waals surface area (Å²) in [6, 6.07) is 18.4. The van der Waals surface area contributed by atoms with Crippen molar-refractivity contribution in [3.63, 3.8) is 0 Å². The number of cyclic esters (lactones) is 1. The third-order valence-corrected chi connectivity index (χ3v) is 7.56. The molecular weight excluding hydrogens is 605 g/mol. The van der Waals surface area contributed by atoms with Gasteiger partial charge in [-0.3, -0.25) is 14.5 Å². The Labute approximate surface area is 271 Å². The Hall–Kier alpha value is -5.39. The molecule has 0 unspecified atom stereocenters. The first-order chi connectivity index (χ1) is 22.4. The number of halogens is 1. The number of fused-ring (bicyclic) bond motifs is 1. The number of aromatic amines is 1. The molecule has 0 saturated carbocycles. The smallest absolute Gasteiger partial charge is 0.414 e. The maximum atomic E-state index is 15.2. The molecule has 1 aliphatic heterocycles. The van der Waals surface area contributed by atoms with Gasteiger partial charge in [-0.25, -0.2) is 14.0 Å². The average Bonchev–Trinajstić information content (AvgIpc) is 3.60. The van der Waals surface area contributed by atoms with Crippen molar-refractivity contribution in [2.45, 2.75) is 58.4 Å². The predicted octanol–water partition coefficient (Wildman–Crippen LogP) is 5.19. The van der Waals surface area contributed by atoms with Gasteiger partial charge >= 0.3 is 12.2 Å². The Morgan fingerprint density at radius 2 is 1.81 bits per heavy atom. The van der Waals surface area contributed by atoms with E-state index in [9.17, 15) is 19.2 Å². The lowest BCUT2D eigenvalue weighted by molar-refractivity contribution is -0.123. The summed E-state index contributed by atoms with van der Waals surface area (Å²) in [4.78, 5) is 54.0. The van der Waals surface area contributed by atoms with Crippen LogP contribution in [0.3, 0.4) is 0 Å². The second kappa shape index (κ2) is 13.9. The zero-order valence-corrected chi connectivity index (χ0v) is 26.7. The molecule has 0 spiro atoms. The summed E-state index contributed by atoms with van der Waals surface area (Å²) >= 11 is 0. The first-order valence-corrected chi connectivity index (χ1v) is 15.3. The van der Waals surface area contributed by atoms with Gasteiger partial charge in [-0.15, -0.1) is 0 Å². The maximum Gasteiger partial charge on any atom is 0.414 e. The van der Waals surface area contributed by atoms with Gasteiger partial charge in [0, 0.05) is 42.6 Å². The Morgan fingerprint density at radius 3 is 2.51 bits per heavy atom. The van der Waals surface area contributed by atoms with Crippen LogP contribution in [0.2, 0.25) is 0 Å². The van der Waals surface area contributed by atoms with Crippen LogP contribution in [0.4, 0.5) is 19.7 Å². The van der Waals surface area contributed by atoms with Gasteiger partial charge in [0.15, 0.2) is 0 Å². The second-order valence-electron chi connectivity index (χ2n) is 12.4. The number of hydrogen-bond acceptors (Lipinski definition) is 6. The number of benzene rings is 3. The van der Waals surface area contributed by atoms with Crippen molar-refractivity contribution >= 4 is 40.6 Å². The minimum Gasteiger partial charge on any atom is -0.444 e. The predicted molar refractivity (Wildman–Crippen MR) is 175 cm³/mol. The normalized spacial score (nSPS) is 15.2. The Bertz CT molecular complexity index is 1780. The van der Waals surface area contributed by atoms with Crippen LogP contribution in [0.1, 0.15) is 38.8 Å². The summed E-state index contributed by atoms with van der Waals surface area (Å²) in [6.07, 6.45) is 0.242. The minimum atomic E-state index is -0.899. The molecule has 1 fully saturated rings. The van der Waals surface area contributed by atoms with Gasteiger partial charge in [-0.1, -0.05) is 42.5 Å². The molecule has 4 aromatic rings. The molecule has 1 aromatic heterocycles. The van der Waals surface area contributed by atoms with Crippen LogP contribution in [0, 0.1) is 5.82 Å². The van der Waals surface area contributed by atoms with Gasteiger partial charge in [-0.2, -0.15) is 0 Å². The lowest BCUT2D eigenvalue weighted by atomic mass is 10.0. The summed E-state index contributed by atoms with van der Waals surface area (Å²) in [7, 11) is 0. The number of aromatic nitrogens is 1. The summed E-state index contributed by atoms with van der Waals surface area (Å²) in [5, 5.41) is 9.18. The molecule has 1 saturated heterocycles. The molecule has 12 heteroatoms. The molecule has 4 N–H and O–H groups in total. The van der Waals surface area contributed by atoms with Gasteiger partial charge in [0.1, 0.15) is 23.6 Å². The van der Waals surface area contributed by atoms with Crippen molar-refractivity contribution in [2.24, 2.45) is 0 Å².